The summed E-state index contributed by atoms with van der Waals surface area (Å²) in [6, 6.07) is 87.8. The van der Waals surface area contributed by atoms with Crippen LogP contribution in [0.2, 0.25) is 0 Å². The number of amides is 2. The predicted molar refractivity (Wildman–Crippen MR) is 303 cm³/mol. The van der Waals surface area contributed by atoms with Crippen LogP contribution in [-0.4, -0.2) is 25.5 Å². The highest BCUT2D eigenvalue weighted by Crippen LogP contribution is 2.49. The Balaban J connectivity index is 1.06. The number of benzene rings is 11. The van der Waals surface area contributed by atoms with Crippen molar-refractivity contribution in [3.05, 3.63) is 266 Å². The van der Waals surface area contributed by atoms with Crippen LogP contribution in [-0.2, 0) is 0 Å². The van der Waals surface area contributed by atoms with E-state index in [9.17, 15) is 0 Å². The third-order valence-electron chi connectivity index (χ3n) is 15.2. The molecule has 346 valence electrons. The molecule has 2 amide bonds. The smallest absolute Gasteiger partial charge is 0.268 e. The van der Waals surface area contributed by atoms with Gasteiger partial charge in [0.05, 0.1) is 67.0 Å². The zero-order valence-electron chi connectivity index (χ0n) is 39.9. The summed E-state index contributed by atoms with van der Waals surface area (Å²) < 4.78 is 7.00. The molecule has 0 N–H and O–H groups in total. The van der Waals surface area contributed by atoms with E-state index in [0.29, 0.717) is 22.5 Å². The Morgan fingerprint density at radius 3 is 1.07 bits per heavy atom. The van der Waals surface area contributed by atoms with Gasteiger partial charge in [0.2, 0.25) is 0 Å². The molecule has 3 aromatic heterocycles. The number of imide groups is 1. The molecule has 0 fully saturated rings. The lowest BCUT2D eigenvalue weighted by molar-refractivity contribution is 0.0926. The highest BCUT2D eigenvalue weighted by Gasteiger charge is 2.42. The van der Waals surface area contributed by atoms with Gasteiger partial charge in [0.15, 0.2) is 0 Å². The van der Waals surface area contributed by atoms with Crippen molar-refractivity contribution in [1.29, 1.82) is 0 Å². The molecule has 15 rings (SSSR count). The highest BCUT2D eigenvalue weighted by atomic mass is 16.2. The summed E-state index contributed by atoms with van der Waals surface area (Å²) in [7, 11) is 0. The normalized spacial score (nSPS) is 12.6. The summed E-state index contributed by atoms with van der Waals surface area (Å²) in [6.45, 7) is 0. The molecular formula is C68H42N4O2. The topological polar surface area (TPSA) is 52.2 Å². The maximum absolute atomic E-state index is 16.3. The molecule has 0 atom stereocenters. The van der Waals surface area contributed by atoms with Gasteiger partial charge in [0.25, 0.3) is 11.8 Å². The van der Waals surface area contributed by atoms with E-state index in [1.165, 1.54) is 4.90 Å². The molecular weight excluding hydrogens is 905 g/mol. The van der Waals surface area contributed by atoms with Crippen molar-refractivity contribution in [2.24, 2.45) is 0 Å². The average Bonchev–Trinajstić information content (AvgIpc) is 4.20. The van der Waals surface area contributed by atoms with E-state index >= 15 is 9.59 Å². The summed E-state index contributed by atoms with van der Waals surface area (Å²) in [5.74, 6) is -0.763. The van der Waals surface area contributed by atoms with Crippen molar-refractivity contribution < 1.29 is 9.59 Å². The van der Waals surface area contributed by atoms with Crippen molar-refractivity contribution >= 4 is 82.9 Å². The van der Waals surface area contributed by atoms with Crippen molar-refractivity contribution in [1.82, 2.24) is 13.7 Å². The van der Waals surface area contributed by atoms with E-state index < -0.39 is 0 Å². The van der Waals surface area contributed by atoms with Gasteiger partial charge in [-0.05, 0) is 82.9 Å². The number of carbonyl (C=O) groups is 2. The molecule has 0 saturated carbocycles. The largest absolute Gasteiger partial charge is 0.307 e. The van der Waals surface area contributed by atoms with E-state index in [2.05, 4.69) is 196 Å². The minimum atomic E-state index is -0.388. The van der Waals surface area contributed by atoms with Crippen molar-refractivity contribution in [2.75, 3.05) is 4.90 Å². The fourth-order valence-corrected chi connectivity index (χ4v) is 12.1. The van der Waals surface area contributed by atoms with Gasteiger partial charge >= 0.3 is 0 Å². The van der Waals surface area contributed by atoms with Crippen LogP contribution in [0.15, 0.2) is 255 Å². The Morgan fingerprint density at radius 1 is 0.257 bits per heavy atom. The van der Waals surface area contributed by atoms with Gasteiger partial charge in [0, 0.05) is 43.4 Å². The number of para-hydroxylation sites is 6. The van der Waals surface area contributed by atoms with E-state index in [1.54, 1.807) is 0 Å². The second kappa shape index (κ2) is 16.2. The fraction of sp³-hybridized carbons (Fsp3) is 0. The molecule has 74 heavy (non-hydrogen) atoms. The number of rotatable bonds is 7. The van der Waals surface area contributed by atoms with E-state index in [-0.39, 0.29) is 11.8 Å². The molecule has 0 bridgehead atoms. The minimum Gasteiger partial charge on any atom is -0.307 e. The van der Waals surface area contributed by atoms with Gasteiger partial charge in [-0.1, -0.05) is 194 Å². The van der Waals surface area contributed by atoms with Crippen LogP contribution in [0.4, 0.5) is 5.69 Å². The molecule has 0 aliphatic carbocycles. The van der Waals surface area contributed by atoms with E-state index in [4.69, 9.17) is 0 Å². The van der Waals surface area contributed by atoms with Gasteiger partial charge in [-0.3, -0.25) is 9.59 Å². The minimum absolute atomic E-state index is 0.343. The van der Waals surface area contributed by atoms with Crippen LogP contribution in [0.5, 0.6) is 0 Å². The first-order valence-corrected chi connectivity index (χ1v) is 25.0. The van der Waals surface area contributed by atoms with E-state index in [0.717, 1.165) is 110 Å². The summed E-state index contributed by atoms with van der Waals surface area (Å²) in [5, 5.41) is 6.62. The second-order valence-corrected chi connectivity index (χ2v) is 19.1. The third-order valence-corrected chi connectivity index (χ3v) is 15.2. The number of hydrogen-bond donors (Lipinski definition) is 0. The number of nitrogens with zero attached hydrogens (tertiary/aromatic N) is 4. The summed E-state index contributed by atoms with van der Waals surface area (Å²) >= 11 is 0. The first-order valence-electron chi connectivity index (χ1n) is 25.0. The number of anilines is 1. The van der Waals surface area contributed by atoms with Crippen molar-refractivity contribution in [3.63, 3.8) is 0 Å². The highest BCUT2D eigenvalue weighted by molar-refractivity contribution is 6.37. The van der Waals surface area contributed by atoms with Crippen LogP contribution in [0.1, 0.15) is 20.7 Å². The maximum atomic E-state index is 16.3. The summed E-state index contributed by atoms with van der Waals surface area (Å²) in [4.78, 5) is 33.5. The molecule has 0 radical (unpaired) electrons. The molecule has 6 heteroatoms. The molecule has 1 aliphatic heterocycles. The molecule has 0 spiro atoms. The summed E-state index contributed by atoms with van der Waals surface area (Å²) in [6.07, 6.45) is 0. The zero-order chi connectivity index (χ0) is 49.0. The maximum Gasteiger partial charge on any atom is 0.268 e. The van der Waals surface area contributed by atoms with Crippen LogP contribution in [0.3, 0.4) is 0 Å². The Morgan fingerprint density at radius 2 is 0.622 bits per heavy atom. The van der Waals surface area contributed by atoms with Crippen LogP contribution in [0, 0.1) is 0 Å². The standard InChI is InChI=1S/C68H42N4O2/c73-67-53-33-20-38-60(63(53)68(74)72(67)64-54(44-23-6-2-7-24-44)41-46(43-21-4-1-5-22-43)42-55(64)45-25-8-3-9-26-45)71-65-51(31-18-39-61(65)69-56-34-14-10-27-47(56)48-28-11-15-35-57(48)69)52-32-19-40-62(66(52)71)70-58-36-16-12-29-49(58)50-30-13-17-37-59(50)70/h1-42H. The fourth-order valence-electron chi connectivity index (χ4n) is 12.1. The van der Waals surface area contributed by atoms with Crippen molar-refractivity contribution in [2.45, 2.75) is 0 Å². The van der Waals surface area contributed by atoms with Crippen LogP contribution < -0.4 is 4.90 Å². The molecule has 11 aromatic carbocycles. The number of fused-ring (bicyclic) bond motifs is 10. The Labute approximate surface area is 425 Å². The first-order chi connectivity index (χ1) is 36.6. The molecule has 0 unspecified atom stereocenters. The quantitative estimate of drug-likeness (QED) is 0.150. The lowest BCUT2D eigenvalue weighted by Crippen LogP contribution is -2.30. The van der Waals surface area contributed by atoms with Crippen LogP contribution in [0.25, 0.3) is 116 Å². The molecule has 1 aliphatic rings. The van der Waals surface area contributed by atoms with Gasteiger partial charge in [-0.2, -0.15) is 0 Å². The number of carbonyl (C=O) groups excluding carboxylic acids is 2. The van der Waals surface area contributed by atoms with Crippen molar-refractivity contribution in [3.8, 4) is 50.4 Å². The monoisotopic (exact) mass is 946 g/mol. The Kier molecular flexibility index (Phi) is 9.16. The van der Waals surface area contributed by atoms with E-state index in [1.807, 2.05) is 72.8 Å². The first kappa shape index (κ1) is 41.7. The van der Waals surface area contributed by atoms with Gasteiger partial charge < -0.3 is 13.7 Å². The van der Waals surface area contributed by atoms with Gasteiger partial charge in [0.1, 0.15) is 0 Å². The lowest BCUT2D eigenvalue weighted by Gasteiger charge is -2.24. The Bertz CT molecular complexity index is 4300. The zero-order valence-corrected chi connectivity index (χ0v) is 39.9. The number of aromatic nitrogens is 3. The molecule has 14 aromatic rings. The van der Waals surface area contributed by atoms with Gasteiger partial charge in [-0.25, -0.2) is 4.90 Å². The third kappa shape index (κ3) is 6.00. The lowest BCUT2D eigenvalue weighted by atomic mass is 9.90. The summed E-state index contributed by atoms with van der Waals surface area (Å²) in [5.41, 5.74) is 15.2. The molecule has 0 saturated heterocycles. The molecule has 6 nitrogen and oxygen atoms in total. The SMILES string of the molecule is O=C1c2cccc(-n3c4c(-n5c6ccccc6c6ccccc65)cccc4c4cccc(-n5c6ccccc6c6ccccc65)c43)c2C(=O)N1c1c(-c2ccccc2)cc(-c2ccccc2)cc1-c1ccccc1. The number of hydrogen-bond acceptors (Lipinski definition) is 2. The second-order valence-electron chi connectivity index (χ2n) is 19.1. The predicted octanol–water partition coefficient (Wildman–Crippen LogP) is 16.8. The molecule has 4 heterocycles. The Hall–Kier alpha value is -10.0. The van der Waals surface area contributed by atoms with Crippen LogP contribution >= 0.6 is 0 Å². The average molecular weight is 947 g/mol. The van der Waals surface area contributed by atoms with Gasteiger partial charge in [-0.15, -0.1) is 0 Å².